The lowest BCUT2D eigenvalue weighted by atomic mass is 10.0. The number of aromatic nitrogens is 2. The van der Waals surface area contributed by atoms with Crippen LogP contribution in [0.5, 0.6) is 0 Å². The van der Waals surface area contributed by atoms with Crippen molar-refractivity contribution in [1.29, 1.82) is 0 Å². The molecule has 1 fully saturated rings. The summed E-state index contributed by atoms with van der Waals surface area (Å²) >= 11 is 8.08. The lowest BCUT2D eigenvalue weighted by molar-refractivity contribution is 0.515. The van der Waals surface area contributed by atoms with Crippen LogP contribution in [0.15, 0.2) is 6.07 Å². The zero-order valence-corrected chi connectivity index (χ0v) is 12.5. The summed E-state index contributed by atoms with van der Waals surface area (Å²) in [6.07, 6.45) is 2.60. The number of rotatable bonds is 4. The van der Waals surface area contributed by atoms with Crippen LogP contribution < -0.4 is 5.32 Å². The van der Waals surface area contributed by atoms with Gasteiger partial charge in [0.15, 0.2) is 0 Å². The summed E-state index contributed by atoms with van der Waals surface area (Å²) in [6, 6.07) is 1.81. The first-order valence-corrected chi connectivity index (χ1v) is 8.04. The number of anilines is 1. The molecule has 1 saturated heterocycles. The van der Waals surface area contributed by atoms with Crippen LogP contribution >= 0.6 is 23.4 Å². The highest BCUT2D eigenvalue weighted by Crippen LogP contribution is 2.23. The van der Waals surface area contributed by atoms with E-state index in [0.29, 0.717) is 11.1 Å². The van der Waals surface area contributed by atoms with Gasteiger partial charge in [0.25, 0.3) is 0 Å². The first-order chi connectivity index (χ1) is 8.65. The minimum absolute atomic E-state index is 0.301. The zero-order chi connectivity index (χ0) is 13.0. The molecule has 0 bridgehead atoms. The highest BCUT2D eigenvalue weighted by molar-refractivity contribution is 7.99. The van der Waals surface area contributed by atoms with E-state index in [9.17, 15) is 0 Å². The standard InChI is InChI=1S/C13H20ClN3S/c1-9(2)13-16-11(14)7-12(17-13)15-8-10-3-5-18-6-4-10/h7,9-10H,3-6,8H2,1-2H3,(H,15,16,17). The van der Waals surface area contributed by atoms with Crippen molar-refractivity contribution in [2.45, 2.75) is 32.6 Å². The van der Waals surface area contributed by atoms with E-state index >= 15 is 0 Å². The fourth-order valence-electron chi connectivity index (χ4n) is 1.98. The van der Waals surface area contributed by atoms with Crippen LogP contribution in [0.2, 0.25) is 5.15 Å². The molecule has 100 valence electrons. The van der Waals surface area contributed by atoms with E-state index in [0.717, 1.165) is 24.1 Å². The van der Waals surface area contributed by atoms with Gasteiger partial charge in [-0.15, -0.1) is 0 Å². The second-order valence-electron chi connectivity index (χ2n) is 5.03. The Labute approximate surface area is 118 Å². The van der Waals surface area contributed by atoms with Gasteiger partial charge in [-0.2, -0.15) is 11.8 Å². The third-order valence-corrected chi connectivity index (χ3v) is 4.38. The van der Waals surface area contributed by atoms with Crippen LogP contribution in [-0.2, 0) is 0 Å². The first kappa shape index (κ1) is 13.9. The lowest BCUT2D eigenvalue weighted by Gasteiger charge is -2.22. The number of hydrogen-bond donors (Lipinski definition) is 1. The summed E-state index contributed by atoms with van der Waals surface area (Å²) in [5.41, 5.74) is 0. The number of thioether (sulfide) groups is 1. The normalized spacial score (nSPS) is 17.1. The lowest BCUT2D eigenvalue weighted by Crippen LogP contribution is -2.20. The van der Waals surface area contributed by atoms with E-state index in [1.165, 1.54) is 24.3 Å². The molecule has 5 heteroatoms. The third kappa shape index (κ3) is 4.02. The first-order valence-electron chi connectivity index (χ1n) is 6.51. The molecule has 0 aromatic carbocycles. The summed E-state index contributed by atoms with van der Waals surface area (Å²) in [4.78, 5) is 8.74. The van der Waals surface area contributed by atoms with Crippen LogP contribution in [0.1, 0.15) is 38.4 Å². The van der Waals surface area contributed by atoms with Gasteiger partial charge >= 0.3 is 0 Å². The molecule has 0 spiro atoms. The van der Waals surface area contributed by atoms with Crippen LogP contribution in [0.3, 0.4) is 0 Å². The maximum absolute atomic E-state index is 6.02. The molecule has 0 saturated carbocycles. The fraction of sp³-hybridized carbons (Fsp3) is 0.692. The molecule has 18 heavy (non-hydrogen) atoms. The Kier molecular flexibility index (Phi) is 5.13. The van der Waals surface area contributed by atoms with Gasteiger partial charge in [-0.05, 0) is 30.3 Å². The highest BCUT2D eigenvalue weighted by atomic mass is 35.5. The second kappa shape index (κ2) is 6.62. The number of nitrogens with one attached hydrogen (secondary N) is 1. The zero-order valence-electron chi connectivity index (χ0n) is 10.9. The molecule has 0 amide bonds. The maximum atomic E-state index is 6.02. The van der Waals surface area contributed by atoms with E-state index in [-0.39, 0.29) is 0 Å². The minimum atomic E-state index is 0.301. The second-order valence-corrected chi connectivity index (χ2v) is 6.64. The molecule has 2 heterocycles. The van der Waals surface area contributed by atoms with Crippen molar-refractivity contribution in [3.05, 3.63) is 17.0 Å². The van der Waals surface area contributed by atoms with Gasteiger partial charge in [0.05, 0.1) is 0 Å². The Morgan fingerprint density at radius 2 is 2.11 bits per heavy atom. The summed E-state index contributed by atoms with van der Waals surface area (Å²) in [5, 5.41) is 3.93. The van der Waals surface area contributed by atoms with Crippen molar-refractivity contribution in [3.63, 3.8) is 0 Å². The molecule has 1 aliphatic rings. The SMILES string of the molecule is CC(C)c1nc(Cl)cc(NCC2CCSCC2)n1. The van der Waals surface area contributed by atoms with Crippen molar-refractivity contribution in [1.82, 2.24) is 9.97 Å². The van der Waals surface area contributed by atoms with E-state index in [4.69, 9.17) is 11.6 Å². The van der Waals surface area contributed by atoms with Crippen LogP contribution in [0.4, 0.5) is 5.82 Å². The summed E-state index contributed by atoms with van der Waals surface area (Å²) in [7, 11) is 0. The average Bonchev–Trinajstić information content (AvgIpc) is 2.37. The predicted octanol–water partition coefficient (Wildman–Crippen LogP) is 3.81. The molecule has 0 atom stereocenters. The molecule has 3 nitrogen and oxygen atoms in total. The number of nitrogens with zero attached hydrogens (tertiary/aromatic N) is 2. The largest absolute Gasteiger partial charge is 0.370 e. The quantitative estimate of drug-likeness (QED) is 0.854. The van der Waals surface area contributed by atoms with Gasteiger partial charge in [0, 0.05) is 18.5 Å². The summed E-state index contributed by atoms with van der Waals surface area (Å²) in [5.74, 6) is 5.31. The summed E-state index contributed by atoms with van der Waals surface area (Å²) in [6.45, 7) is 5.15. The molecule has 1 aliphatic heterocycles. The van der Waals surface area contributed by atoms with Crippen molar-refractivity contribution < 1.29 is 0 Å². The van der Waals surface area contributed by atoms with Gasteiger partial charge in [-0.1, -0.05) is 25.4 Å². The minimum Gasteiger partial charge on any atom is -0.370 e. The van der Waals surface area contributed by atoms with Crippen molar-refractivity contribution in [2.24, 2.45) is 5.92 Å². The Hall–Kier alpha value is -0.480. The molecular weight excluding hydrogens is 266 g/mol. The van der Waals surface area contributed by atoms with Gasteiger partial charge in [-0.3, -0.25) is 0 Å². The number of hydrogen-bond acceptors (Lipinski definition) is 4. The maximum Gasteiger partial charge on any atom is 0.135 e. The molecule has 0 aliphatic carbocycles. The van der Waals surface area contributed by atoms with E-state index < -0.39 is 0 Å². The molecule has 1 aromatic rings. The topological polar surface area (TPSA) is 37.8 Å². The van der Waals surface area contributed by atoms with Crippen molar-refractivity contribution in [3.8, 4) is 0 Å². The number of halogens is 1. The van der Waals surface area contributed by atoms with Gasteiger partial charge in [-0.25, -0.2) is 9.97 Å². The molecule has 2 rings (SSSR count). The molecular formula is C13H20ClN3S. The fourth-order valence-corrected chi connectivity index (χ4v) is 3.38. The van der Waals surface area contributed by atoms with E-state index in [1.807, 2.05) is 6.07 Å². The van der Waals surface area contributed by atoms with E-state index in [2.05, 4.69) is 40.9 Å². The van der Waals surface area contributed by atoms with Crippen molar-refractivity contribution >= 4 is 29.2 Å². The van der Waals surface area contributed by atoms with E-state index in [1.54, 1.807) is 0 Å². The third-order valence-electron chi connectivity index (χ3n) is 3.14. The highest BCUT2D eigenvalue weighted by Gasteiger charge is 2.14. The van der Waals surface area contributed by atoms with Crippen LogP contribution in [0.25, 0.3) is 0 Å². The Morgan fingerprint density at radius 1 is 1.39 bits per heavy atom. The average molecular weight is 286 g/mol. The molecule has 0 radical (unpaired) electrons. The smallest absolute Gasteiger partial charge is 0.135 e. The molecule has 1 N–H and O–H groups in total. The molecule has 0 unspecified atom stereocenters. The van der Waals surface area contributed by atoms with Gasteiger partial charge < -0.3 is 5.32 Å². The predicted molar refractivity (Wildman–Crippen MR) is 79.7 cm³/mol. The van der Waals surface area contributed by atoms with Crippen molar-refractivity contribution in [2.75, 3.05) is 23.4 Å². The molecule has 1 aromatic heterocycles. The Bertz CT molecular complexity index is 392. The van der Waals surface area contributed by atoms with Crippen LogP contribution in [0, 0.1) is 5.92 Å². The Balaban J connectivity index is 1.95. The summed E-state index contributed by atoms with van der Waals surface area (Å²) < 4.78 is 0. The van der Waals surface area contributed by atoms with Crippen LogP contribution in [-0.4, -0.2) is 28.0 Å². The van der Waals surface area contributed by atoms with Gasteiger partial charge in [0.1, 0.15) is 16.8 Å². The Morgan fingerprint density at radius 3 is 2.78 bits per heavy atom. The van der Waals surface area contributed by atoms with Gasteiger partial charge in [0.2, 0.25) is 0 Å². The monoisotopic (exact) mass is 285 g/mol.